The molecule has 24 heavy (non-hydrogen) atoms. The van der Waals surface area contributed by atoms with Crippen LogP contribution in [0.3, 0.4) is 0 Å². The number of carbonyl (C=O) groups is 1. The summed E-state index contributed by atoms with van der Waals surface area (Å²) in [5.74, 6) is 3.07. The summed E-state index contributed by atoms with van der Waals surface area (Å²) in [6, 6.07) is 8.11. The molecule has 1 heterocycles. The molecule has 0 aromatic heterocycles. The summed E-state index contributed by atoms with van der Waals surface area (Å²) in [5.41, 5.74) is 6.81. The quantitative estimate of drug-likeness (QED) is 0.734. The Morgan fingerprint density at radius 1 is 1.25 bits per heavy atom. The van der Waals surface area contributed by atoms with E-state index in [2.05, 4.69) is 17.4 Å². The first-order valence-electron chi connectivity index (χ1n) is 8.59. The molecule has 1 aromatic carbocycles. The molecular formula is C18H28N2O2S2. The molecule has 0 atom stereocenters. The van der Waals surface area contributed by atoms with Crippen molar-refractivity contribution < 1.29 is 9.53 Å². The van der Waals surface area contributed by atoms with Crippen LogP contribution in [-0.2, 0) is 4.79 Å². The fourth-order valence-corrected chi connectivity index (χ4v) is 5.54. The lowest BCUT2D eigenvalue weighted by molar-refractivity contribution is -0.125. The highest BCUT2D eigenvalue weighted by molar-refractivity contribution is 8.16. The van der Waals surface area contributed by atoms with E-state index in [1.165, 1.54) is 23.5 Å². The maximum absolute atomic E-state index is 12.1. The van der Waals surface area contributed by atoms with Crippen LogP contribution in [0.4, 0.5) is 0 Å². The number of amides is 1. The summed E-state index contributed by atoms with van der Waals surface area (Å²) >= 11 is 4.00. The molecule has 3 N–H and O–H groups in total. The Bertz CT molecular complexity index is 504. The van der Waals surface area contributed by atoms with Gasteiger partial charge in [-0.05, 0) is 48.5 Å². The highest BCUT2D eigenvalue weighted by Gasteiger charge is 2.26. The monoisotopic (exact) mass is 368 g/mol. The van der Waals surface area contributed by atoms with Crippen LogP contribution in [0.25, 0.3) is 0 Å². The molecule has 4 nitrogen and oxygen atoms in total. The van der Waals surface area contributed by atoms with E-state index in [9.17, 15) is 4.79 Å². The molecule has 0 bridgehead atoms. The molecule has 1 saturated heterocycles. The van der Waals surface area contributed by atoms with Crippen molar-refractivity contribution in [3.63, 3.8) is 0 Å². The molecule has 134 valence electrons. The number of nitrogens with one attached hydrogen (secondary N) is 1. The molecule has 6 heteroatoms. The zero-order valence-electron chi connectivity index (χ0n) is 14.5. The van der Waals surface area contributed by atoms with Crippen LogP contribution in [0.1, 0.15) is 43.3 Å². The van der Waals surface area contributed by atoms with Crippen molar-refractivity contribution in [1.82, 2.24) is 5.32 Å². The van der Waals surface area contributed by atoms with Gasteiger partial charge in [-0.25, -0.2) is 0 Å². The predicted octanol–water partition coefficient (Wildman–Crippen LogP) is 3.57. The van der Waals surface area contributed by atoms with E-state index >= 15 is 0 Å². The summed E-state index contributed by atoms with van der Waals surface area (Å²) in [6.45, 7) is 4.54. The van der Waals surface area contributed by atoms with Gasteiger partial charge in [-0.2, -0.15) is 0 Å². The van der Waals surface area contributed by atoms with Gasteiger partial charge in [-0.3, -0.25) is 4.79 Å². The zero-order valence-corrected chi connectivity index (χ0v) is 16.2. The molecular weight excluding hydrogens is 340 g/mol. The van der Waals surface area contributed by atoms with Crippen LogP contribution in [0.2, 0.25) is 0 Å². The number of hydrogen-bond acceptors (Lipinski definition) is 5. The zero-order chi connectivity index (χ0) is 17.4. The van der Waals surface area contributed by atoms with Crippen LogP contribution in [0, 0.1) is 0 Å². The first-order chi connectivity index (χ1) is 11.6. The van der Waals surface area contributed by atoms with Crippen molar-refractivity contribution in [3.8, 4) is 5.75 Å². The lowest BCUT2D eigenvalue weighted by Gasteiger charge is -2.31. The Kier molecular flexibility index (Phi) is 7.78. The maximum atomic E-state index is 12.1. The molecule has 1 aliphatic heterocycles. The van der Waals surface area contributed by atoms with Gasteiger partial charge in [0.25, 0.3) is 5.91 Å². The molecule has 0 unspecified atom stereocenters. The molecule has 0 saturated carbocycles. The average molecular weight is 369 g/mol. The SMILES string of the molecule is CCC(CC)(CN)NC(=O)COc1ccc(C2SCCCS2)cc1. The molecule has 1 aliphatic rings. The van der Waals surface area contributed by atoms with Crippen molar-refractivity contribution >= 4 is 29.4 Å². The van der Waals surface area contributed by atoms with E-state index < -0.39 is 0 Å². The highest BCUT2D eigenvalue weighted by Crippen LogP contribution is 2.43. The molecule has 2 rings (SSSR count). The van der Waals surface area contributed by atoms with Crippen LogP contribution in [0.5, 0.6) is 5.75 Å². The Labute approximate surface area is 153 Å². The molecule has 1 amide bonds. The minimum Gasteiger partial charge on any atom is -0.484 e. The van der Waals surface area contributed by atoms with Gasteiger partial charge < -0.3 is 15.8 Å². The third kappa shape index (κ3) is 5.33. The lowest BCUT2D eigenvalue weighted by Crippen LogP contribution is -2.54. The van der Waals surface area contributed by atoms with Crippen molar-refractivity contribution in [2.75, 3.05) is 24.7 Å². The van der Waals surface area contributed by atoms with E-state index in [1.807, 2.05) is 49.5 Å². The Morgan fingerprint density at radius 2 is 1.88 bits per heavy atom. The lowest BCUT2D eigenvalue weighted by atomic mass is 9.93. The van der Waals surface area contributed by atoms with Crippen LogP contribution in [0.15, 0.2) is 24.3 Å². The Hall–Kier alpha value is -0.850. The number of rotatable bonds is 8. The molecule has 0 spiro atoms. The first kappa shape index (κ1) is 19.5. The smallest absolute Gasteiger partial charge is 0.258 e. The predicted molar refractivity (Wildman–Crippen MR) is 105 cm³/mol. The van der Waals surface area contributed by atoms with E-state index in [1.54, 1.807) is 0 Å². The molecule has 1 fully saturated rings. The summed E-state index contributed by atoms with van der Waals surface area (Å²) in [5, 5.41) is 3.02. The molecule has 0 aliphatic carbocycles. The first-order valence-corrected chi connectivity index (χ1v) is 10.7. The third-order valence-electron chi connectivity index (χ3n) is 4.50. The van der Waals surface area contributed by atoms with Gasteiger partial charge in [-0.1, -0.05) is 26.0 Å². The Morgan fingerprint density at radius 3 is 2.42 bits per heavy atom. The van der Waals surface area contributed by atoms with Gasteiger partial charge in [0, 0.05) is 6.54 Å². The highest BCUT2D eigenvalue weighted by atomic mass is 32.2. The summed E-state index contributed by atoms with van der Waals surface area (Å²) in [4.78, 5) is 12.1. The van der Waals surface area contributed by atoms with Crippen molar-refractivity contribution in [2.45, 2.75) is 43.2 Å². The van der Waals surface area contributed by atoms with Gasteiger partial charge in [0.05, 0.1) is 10.1 Å². The average Bonchev–Trinajstić information content (AvgIpc) is 2.66. The number of benzene rings is 1. The van der Waals surface area contributed by atoms with Crippen LogP contribution in [-0.4, -0.2) is 36.1 Å². The summed E-state index contributed by atoms with van der Waals surface area (Å²) in [6.07, 6.45) is 2.93. The van der Waals surface area contributed by atoms with Crippen LogP contribution >= 0.6 is 23.5 Å². The normalized spacial score (nSPS) is 16.0. The third-order valence-corrected chi connectivity index (χ3v) is 7.51. The van der Waals surface area contributed by atoms with Crippen molar-refractivity contribution in [3.05, 3.63) is 29.8 Å². The number of carbonyl (C=O) groups excluding carboxylic acids is 1. The van der Waals surface area contributed by atoms with Crippen molar-refractivity contribution in [1.29, 1.82) is 0 Å². The van der Waals surface area contributed by atoms with Gasteiger partial charge in [0.15, 0.2) is 6.61 Å². The van der Waals surface area contributed by atoms with Gasteiger partial charge in [0.1, 0.15) is 5.75 Å². The topological polar surface area (TPSA) is 64.3 Å². The largest absolute Gasteiger partial charge is 0.484 e. The summed E-state index contributed by atoms with van der Waals surface area (Å²) in [7, 11) is 0. The molecule has 0 radical (unpaired) electrons. The minimum absolute atomic E-state index is 0.0219. The van der Waals surface area contributed by atoms with Gasteiger partial charge in [0.2, 0.25) is 0 Å². The standard InChI is InChI=1S/C18H28N2O2S2/c1-3-18(4-2,13-19)20-16(21)12-22-15-8-6-14(7-9-15)17-23-10-5-11-24-17/h6-9,17H,3-5,10-13,19H2,1-2H3,(H,20,21). The Balaban J connectivity index is 1.84. The van der Waals surface area contributed by atoms with Gasteiger partial charge in [-0.15, -0.1) is 23.5 Å². The number of nitrogens with two attached hydrogens (primary N) is 1. The maximum Gasteiger partial charge on any atom is 0.258 e. The summed E-state index contributed by atoms with van der Waals surface area (Å²) < 4.78 is 6.15. The fraction of sp³-hybridized carbons (Fsp3) is 0.611. The minimum atomic E-state index is -0.320. The fourth-order valence-electron chi connectivity index (χ4n) is 2.65. The van der Waals surface area contributed by atoms with Crippen LogP contribution < -0.4 is 15.8 Å². The van der Waals surface area contributed by atoms with E-state index in [0.29, 0.717) is 11.1 Å². The van der Waals surface area contributed by atoms with Crippen molar-refractivity contribution in [2.24, 2.45) is 5.73 Å². The number of ether oxygens (including phenoxy) is 1. The number of thioether (sulfide) groups is 2. The second-order valence-corrected chi connectivity index (χ2v) is 8.75. The van der Waals surface area contributed by atoms with Gasteiger partial charge >= 0.3 is 0 Å². The van der Waals surface area contributed by atoms with E-state index in [0.717, 1.165) is 18.6 Å². The number of hydrogen-bond donors (Lipinski definition) is 2. The second kappa shape index (κ2) is 9.59. The van der Waals surface area contributed by atoms with E-state index in [4.69, 9.17) is 10.5 Å². The molecule has 1 aromatic rings. The second-order valence-electron chi connectivity index (χ2n) is 6.02. The van der Waals surface area contributed by atoms with E-state index in [-0.39, 0.29) is 18.1 Å².